The molecule has 0 saturated heterocycles. The molecule has 0 amide bonds. The van der Waals surface area contributed by atoms with Gasteiger partial charge in [-0.1, -0.05) is 43.7 Å². The summed E-state index contributed by atoms with van der Waals surface area (Å²) in [5.41, 5.74) is 2.52. The third kappa shape index (κ3) is 4.39. The maximum absolute atomic E-state index is 5.91. The molecule has 0 fully saturated rings. The van der Waals surface area contributed by atoms with Crippen molar-refractivity contribution in [1.82, 2.24) is 5.32 Å². The molecule has 0 bridgehead atoms. The molecule has 1 nitrogen and oxygen atoms in total. The standard InChI is InChI=1S/C13H18ClN/c1-3-6-13(4-2)15-10-11-7-5-8-12(14)9-11/h5-9,15H,3-4,10H2,1-2H3/b13-6+. The van der Waals surface area contributed by atoms with E-state index < -0.39 is 0 Å². The number of hydrogen-bond donors (Lipinski definition) is 1. The molecule has 15 heavy (non-hydrogen) atoms. The number of rotatable bonds is 5. The van der Waals surface area contributed by atoms with Crippen molar-refractivity contribution < 1.29 is 0 Å². The van der Waals surface area contributed by atoms with Crippen LogP contribution in [0, 0.1) is 0 Å². The van der Waals surface area contributed by atoms with Gasteiger partial charge in [0.2, 0.25) is 0 Å². The van der Waals surface area contributed by atoms with Crippen LogP contribution in [0.4, 0.5) is 0 Å². The van der Waals surface area contributed by atoms with E-state index in [0.29, 0.717) is 0 Å². The van der Waals surface area contributed by atoms with Crippen LogP contribution in [0.2, 0.25) is 5.02 Å². The van der Waals surface area contributed by atoms with Gasteiger partial charge in [0, 0.05) is 17.3 Å². The molecule has 1 aromatic rings. The highest BCUT2D eigenvalue weighted by Gasteiger charge is 1.95. The molecule has 0 unspecified atom stereocenters. The van der Waals surface area contributed by atoms with Gasteiger partial charge >= 0.3 is 0 Å². The summed E-state index contributed by atoms with van der Waals surface area (Å²) in [7, 11) is 0. The van der Waals surface area contributed by atoms with E-state index >= 15 is 0 Å². The van der Waals surface area contributed by atoms with Crippen LogP contribution in [0.1, 0.15) is 32.3 Å². The molecule has 0 heterocycles. The van der Waals surface area contributed by atoms with E-state index in [9.17, 15) is 0 Å². The van der Waals surface area contributed by atoms with Crippen LogP contribution in [-0.2, 0) is 6.54 Å². The van der Waals surface area contributed by atoms with Gasteiger partial charge in [0.15, 0.2) is 0 Å². The lowest BCUT2D eigenvalue weighted by molar-refractivity contribution is 0.765. The summed E-state index contributed by atoms with van der Waals surface area (Å²) < 4.78 is 0. The highest BCUT2D eigenvalue weighted by molar-refractivity contribution is 6.30. The molecular weight excluding hydrogens is 206 g/mol. The van der Waals surface area contributed by atoms with Gasteiger partial charge in [-0.3, -0.25) is 0 Å². The normalized spacial score (nSPS) is 11.5. The Morgan fingerprint density at radius 2 is 2.20 bits per heavy atom. The van der Waals surface area contributed by atoms with Gasteiger partial charge in [-0.2, -0.15) is 0 Å². The van der Waals surface area contributed by atoms with E-state index in [1.807, 2.05) is 18.2 Å². The third-order valence-electron chi connectivity index (χ3n) is 2.24. The molecule has 0 aliphatic carbocycles. The van der Waals surface area contributed by atoms with E-state index in [1.54, 1.807) is 0 Å². The number of benzene rings is 1. The number of hydrogen-bond acceptors (Lipinski definition) is 1. The Kier molecular flexibility index (Phi) is 5.27. The van der Waals surface area contributed by atoms with Gasteiger partial charge in [0.1, 0.15) is 0 Å². The fraction of sp³-hybridized carbons (Fsp3) is 0.385. The molecule has 0 aliphatic rings. The fourth-order valence-corrected chi connectivity index (χ4v) is 1.66. The monoisotopic (exact) mass is 223 g/mol. The second-order valence-electron chi connectivity index (χ2n) is 3.47. The second kappa shape index (κ2) is 6.52. The van der Waals surface area contributed by atoms with Crippen molar-refractivity contribution in [3.8, 4) is 0 Å². The largest absolute Gasteiger partial charge is 0.385 e. The van der Waals surface area contributed by atoms with Crippen LogP contribution in [-0.4, -0.2) is 0 Å². The van der Waals surface area contributed by atoms with Crippen molar-refractivity contribution in [3.63, 3.8) is 0 Å². The van der Waals surface area contributed by atoms with E-state index in [-0.39, 0.29) is 0 Å². The molecule has 0 atom stereocenters. The van der Waals surface area contributed by atoms with Gasteiger partial charge in [0.25, 0.3) is 0 Å². The number of nitrogens with one attached hydrogen (secondary N) is 1. The highest BCUT2D eigenvalue weighted by atomic mass is 35.5. The summed E-state index contributed by atoms with van der Waals surface area (Å²) in [4.78, 5) is 0. The van der Waals surface area contributed by atoms with Crippen LogP contribution < -0.4 is 5.32 Å². The van der Waals surface area contributed by atoms with Crippen LogP contribution in [0.5, 0.6) is 0 Å². The predicted octanol–water partition coefficient (Wildman–Crippen LogP) is 4.13. The van der Waals surface area contributed by atoms with E-state index in [1.165, 1.54) is 11.3 Å². The summed E-state index contributed by atoms with van der Waals surface area (Å²) >= 11 is 5.91. The zero-order chi connectivity index (χ0) is 11.1. The van der Waals surface area contributed by atoms with Gasteiger partial charge in [-0.25, -0.2) is 0 Å². The molecule has 0 saturated carbocycles. The van der Waals surface area contributed by atoms with Gasteiger partial charge in [-0.05, 0) is 30.5 Å². The van der Waals surface area contributed by atoms with Crippen LogP contribution in [0.3, 0.4) is 0 Å². The Labute approximate surface area is 97.1 Å². The molecule has 1 rings (SSSR count). The Hall–Kier alpha value is -0.950. The zero-order valence-electron chi connectivity index (χ0n) is 9.39. The van der Waals surface area contributed by atoms with Gasteiger partial charge in [0.05, 0.1) is 0 Å². The lowest BCUT2D eigenvalue weighted by Crippen LogP contribution is -2.12. The van der Waals surface area contributed by atoms with Crippen molar-refractivity contribution in [2.75, 3.05) is 0 Å². The van der Waals surface area contributed by atoms with Crippen LogP contribution in [0.25, 0.3) is 0 Å². The first kappa shape index (κ1) is 12.1. The fourth-order valence-electron chi connectivity index (χ4n) is 1.45. The molecule has 1 N–H and O–H groups in total. The first-order valence-electron chi connectivity index (χ1n) is 5.43. The Morgan fingerprint density at radius 3 is 2.80 bits per heavy atom. The van der Waals surface area contributed by atoms with Crippen molar-refractivity contribution >= 4 is 11.6 Å². The topological polar surface area (TPSA) is 12.0 Å². The SMILES string of the molecule is CC/C=C(\CC)NCc1cccc(Cl)c1. The van der Waals surface area contributed by atoms with E-state index in [0.717, 1.165) is 24.4 Å². The van der Waals surface area contributed by atoms with Gasteiger partial charge < -0.3 is 5.32 Å². The predicted molar refractivity (Wildman–Crippen MR) is 67.0 cm³/mol. The molecule has 0 radical (unpaired) electrons. The third-order valence-corrected chi connectivity index (χ3v) is 2.48. The lowest BCUT2D eigenvalue weighted by atomic mass is 10.2. The van der Waals surface area contributed by atoms with Crippen LogP contribution in [0.15, 0.2) is 36.0 Å². The summed E-state index contributed by atoms with van der Waals surface area (Å²) in [5, 5.41) is 4.21. The Bertz CT molecular complexity index is 331. The minimum Gasteiger partial charge on any atom is -0.385 e. The van der Waals surface area contributed by atoms with Crippen molar-refractivity contribution in [2.45, 2.75) is 33.2 Å². The Balaban J connectivity index is 2.52. The van der Waals surface area contributed by atoms with Crippen molar-refractivity contribution in [2.24, 2.45) is 0 Å². The first-order valence-corrected chi connectivity index (χ1v) is 5.81. The maximum atomic E-state index is 5.91. The molecule has 0 spiro atoms. The van der Waals surface area contributed by atoms with Crippen LogP contribution >= 0.6 is 11.6 Å². The van der Waals surface area contributed by atoms with Crippen molar-refractivity contribution in [3.05, 3.63) is 46.6 Å². The van der Waals surface area contributed by atoms with Gasteiger partial charge in [-0.15, -0.1) is 0 Å². The first-order chi connectivity index (χ1) is 7.26. The maximum Gasteiger partial charge on any atom is 0.0409 e. The highest BCUT2D eigenvalue weighted by Crippen LogP contribution is 2.11. The molecule has 0 aliphatic heterocycles. The second-order valence-corrected chi connectivity index (χ2v) is 3.91. The summed E-state index contributed by atoms with van der Waals surface area (Å²) in [6, 6.07) is 7.95. The van der Waals surface area contributed by atoms with E-state index in [2.05, 4.69) is 31.3 Å². The minimum absolute atomic E-state index is 0.798. The number of halogens is 1. The average molecular weight is 224 g/mol. The molecular formula is C13H18ClN. The molecule has 1 aromatic carbocycles. The van der Waals surface area contributed by atoms with E-state index in [4.69, 9.17) is 11.6 Å². The summed E-state index contributed by atoms with van der Waals surface area (Å²) in [6.07, 6.45) is 4.35. The number of allylic oxidation sites excluding steroid dienone is 2. The molecule has 2 heteroatoms. The summed E-state index contributed by atoms with van der Waals surface area (Å²) in [5.74, 6) is 0. The molecule has 82 valence electrons. The zero-order valence-corrected chi connectivity index (χ0v) is 10.1. The quantitative estimate of drug-likeness (QED) is 0.792. The minimum atomic E-state index is 0.798. The lowest BCUT2D eigenvalue weighted by Gasteiger charge is -2.09. The van der Waals surface area contributed by atoms with Crippen molar-refractivity contribution in [1.29, 1.82) is 0 Å². The summed E-state index contributed by atoms with van der Waals surface area (Å²) in [6.45, 7) is 5.16. The average Bonchev–Trinajstić information content (AvgIpc) is 2.24. The molecule has 0 aromatic heterocycles. The Morgan fingerprint density at radius 1 is 1.40 bits per heavy atom. The smallest absolute Gasteiger partial charge is 0.0409 e.